The Kier molecular flexibility index (Phi) is 9.56. The molecule has 1 fully saturated rings. The SMILES string of the molecule is CC.CC1CCC(C)CC1.CC1CCCC2=C1C(C)C1=C(C(C)CCC1C)C2C. The zero-order chi connectivity index (χ0) is 21.7. The van der Waals surface area contributed by atoms with E-state index in [-0.39, 0.29) is 0 Å². The van der Waals surface area contributed by atoms with Crippen molar-refractivity contribution in [1.82, 2.24) is 0 Å². The van der Waals surface area contributed by atoms with Crippen molar-refractivity contribution in [2.45, 2.75) is 120 Å². The Morgan fingerprint density at radius 1 is 0.483 bits per heavy atom. The van der Waals surface area contributed by atoms with Crippen LogP contribution in [0.5, 0.6) is 0 Å². The van der Waals surface area contributed by atoms with Gasteiger partial charge in [-0.1, -0.05) is 110 Å². The molecular formula is C29H52. The molecule has 0 nitrogen and oxygen atoms in total. The van der Waals surface area contributed by atoms with Crippen molar-refractivity contribution in [3.63, 3.8) is 0 Å². The third kappa shape index (κ3) is 5.59. The minimum Gasteiger partial charge on any atom is -0.0683 e. The van der Waals surface area contributed by atoms with E-state index in [1.807, 2.05) is 36.1 Å². The van der Waals surface area contributed by atoms with Gasteiger partial charge in [-0.3, -0.25) is 0 Å². The van der Waals surface area contributed by atoms with Gasteiger partial charge in [0.15, 0.2) is 0 Å². The third-order valence-corrected chi connectivity index (χ3v) is 8.64. The van der Waals surface area contributed by atoms with E-state index < -0.39 is 0 Å². The van der Waals surface area contributed by atoms with Crippen LogP contribution in [-0.4, -0.2) is 0 Å². The molecule has 168 valence electrons. The van der Waals surface area contributed by atoms with Gasteiger partial charge in [0.25, 0.3) is 0 Å². The van der Waals surface area contributed by atoms with Gasteiger partial charge in [-0.25, -0.2) is 0 Å². The fourth-order valence-corrected chi connectivity index (χ4v) is 6.90. The van der Waals surface area contributed by atoms with Crippen molar-refractivity contribution in [2.24, 2.45) is 41.4 Å². The maximum absolute atomic E-state index is 2.51. The van der Waals surface area contributed by atoms with Gasteiger partial charge in [-0.15, -0.1) is 0 Å². The first-order valence-electron chi connectivity index (χ1n) is 13.3. The van der Waals surface area contributed by atoms with Crippen LogP contribution in [-0.2, 0) is 0 Å². The Morgan fingerprint density at radius 2 is 0.897 bits per heavy atom. The molecular weight excluding hydrogens is 348 g/mol. The van der Waals surface area contributed by atoms with Crippen molar-refractivity contribution in [3.8, 4) is 0 Å². The van der Waals surface area contributed by atoms with E-state index in [2.05, 4.69) is 48.5 Å². The zero-order valence-corrected chi connectivity index (χ0v) is 21.4. The molecule has 0 heterocycles. The molecule has 0 bridgehead atoms. The van der Waals surface area contributed by atoms with Crippen LogP contribution in [0.25, 0.3) is 0 Å². The highest BCUT2D eigenvalue weighted by Crippen LogP contribution is 2.53. The lowest BCUT2D eigenvalue weighted by molar-refractivity contribution is 0.308. The molecule has 0 aromatic rings. The number of allylic oxidation sites excluding steroid dienone is 4. The summed E-state index contributed by atoms with van der Waals surface area (Å²) in [5.41, 5.74) is 7.38. The van der Waals surface area contributed by atoms with Crippen LogP contribution < -0.4 is 0 Å². The number of hydrogen-bond donors (Lipinski definition) is 0. The van der Waals surface area contributed by atoms with E-state index in [1.54, 1.807) is 0 Å². The molecule has 29 heavy (non-hydrogen) atoms. The molecule has 0 spiro atoms. The molecule has 0 N–H and O–H groups in total. The first-order valence-corrected chi connectivity index (χ1v) is 13.3. The molecule has 0 radical (unpaired) electrons. The van der Waals surface area contributed by atoms with Crippen LogP contribution in [0, 0.1) is 41.4 Å². The molecule has 4 aliphatic carbocycles. The largest absolute Gasteiger partial charge is 0.0683 e. The van der Waals surface area contributed by atoms with E-state index in [4.69, 9.17) is 0 Å². The van der Waals surface area contributed by atoms with E-state index in [1.165, 1.54) is 57.8 Å². The predicted molar refractivity (Wildman–Crippen MR) is 131 cm³/mol. The quantitative estimate of drug-likeness (QED) is 0.355. The van der Waals surface area contributed by atoms with Gasteiger partial charge in [-0.05, 0) is 73.5 Å². The van der Waals surface area contributed by atoms with Crippen LogP contribution in [0.4, 0.5) is 0 Å². The van der Waals surface area contributed by atoms with Crippen LogP contribution in [0.15, 0.2) is 22.3 Å². The average molecular weight is 401 g/mol. The minimum absolute atomic E-state index is 0.745. The molecule has 0 aromatic carbocycles. The summed E-state index contributed by atoms with van der Waals surface area (Å²) in [5, 5.41) is 0. The molecule has 5 unspecified atom stereocenters. The fourth-order valence-electron chi connectivity index (χ4n) is 6.90. The Bertz CT molecular complexity index is 559. The van der Waals surface area contributed by atoms with Crippen LogP contribution in [0.3, 0.4) is 0 Å². The van der Waals surface area contributed by atoms with E-state index >= 15 is 0 Å². The Hall–Kier alpha value is -0.520. The second kappa shape index (κ2) is 11.2. The molecule has 4 aliphatic rings. The molecule has 0 heteroatoms. The lowest BCUT2D eigenvalue weighted by Crippen LogP contribution is -2.33. The average Bonchev–Trinajstić information content (AvgIpc) is 2.72. The van der Waals surface area contributed by atoms with Crippen LogP contribution in [0.1, 0.15) is 120 Å². The summed E-state index contributed by atoms with van der Waals surface area (Å²) in [7, 11) is 0. The maximum atomic E-state index is 2.51. The lowest BCUT2D eigenvalue weighted by Gasteiger charge is -2.46. The van der Waals surface area contributed by atoms with Crippen molar-refractivity contribution in [1.29, 1.82) is 0 Å². The Balaban J connectivity index is 0.000000252. The smallest absolute Gasteiger partial charge is 0.00102 e. The second-order valence-corrected chi connectivity index (χ2v) is 10.9. The monoisotopic (exact) mass is 400 g/mol. The summed E-state index contributed by atoms with van der Waals surface area (Å²) in [6.45, 7) is 21.2. The van der Waals surface area contributed by atoms with Gasteiger partial charge in [-0.2, -0.15) is 0 Å². The Morgan fingerprint density at radius 3 is 1.38 bits per heavy atom. The first-order chi connectivity index (χ1) is 13.8. The summed E-state index contributed by atoms with van der Waals surface area (Å²) >= 11 is 0. The number of hydrogen-bond acceptors (Lipinski definition) is 0. The van der Waals surface area contributed by atoms with Crippen molar-refractivity contribution >= 4 is 0 Å². The fraction of sp³-hybridized carbons (Fsp3) is 0.862. The van der Waals surface area contributed by atoms with Crippen LogP contribution in [0.2, 0.25) is 0 Å². The molecule has 5 atom stereocenters. The topological polar surface area (TPSA) is 0 Å². The summed E-state index contributed by atoms with van der Waals surface area (Å²) in [5.74, 6) is 6.02. The van der Waals surface area contributed by atoms with Crippen molar-refractivity contribution in [3.05, 3.63) is 22.3 Å². The summed E-state index contributed by atoms with van der Waals surface area (Å²) < 4.78 is 0. The van der Waals surface area contributed by atoms with Gasteiger partial charge < -0.3 is 0 Å². The highest BCUT2D eigenvalue weighted by atomic mass is 14.4. The molecule has 4 rings (SSSR count). The first kappa shape index (κ1) is 24.7. The summed E-state index contributed by atoms with van der Waals surface area (Å²) in [4.78, 5) is 0. The van der Waals surface area contributed by atoms with E-state index in [0.717, 1.165) is 41.4 Å². The normalized spacial score (nSPS) is 39.4. The second-order valence-electron chi connectivity index (χ2n) is 10.9. The third-order valence-electron chi connectivity index (χ3n) is 8.64. The van der Waals surface area contributed by atoms with E-state index in [0.29, 0.717) is 0 Å². The van der Waals surface area contributed by atoms with Crippen molar-refractivity contribution < 1.29 is 0 Å². The molecule has 0 aromatic heterocycles. The zero-order valence-electron chi connectivity index (χ0n) is 21.4. The Labute approximate surface area is 184 Å². The summed E-state index contributed by atoms with van der Waals surface area (Å²) in [6.07, 6.45) is 12.9. The van der Waals surface area contributed by atoms with Gasteiger partial charge in [0, 0.05) is 0 Å². The molecule has 1 saturated carbocycles. The highest BCUT2D eigenvalue weighted by molar-refractivity contribution is 5.44. The minimum atomic E-state index is 0.745. The standard InChI is InChI=1S/C19H30.C8H16.C2H6/c1-11-7-6-8-16-14(4)18-12(2)9-10-13(3)19(18)15(5)17(11)16;1-7-3-5-8(2)6-4-7;1-2/h11-15H,6-10H2,1-5H3;7-8H,3-6H2,1-2H3;1-2H3. The van der Waals surface area contributed by atoms with Gasteiger partial charge >= 0.3 is 0 Å². The van der Waals surface area contributed by atoms with Crippen LogP contribution >= 0.6 is 0 Å². The highest BCUT2D eigenvalue weighted by Gasteiger charge is 2.40. The van der Waals surface area contributed by atoms with Gasteiger partial charge in [0.1, 0.15) is 0 Å². The van der Waals surface area contributed by atoms with Crippen molar-refractivity contribution in [2.75, 3.05) is 0 Å². The molecule has 0 aliphatic heterocycles. The number of rotatable bonds is 0. The maximum Gasteiger partial charge on any atom is -0.00102 e. The molecule has 0 amide bonds. The lowest BCUT2D eigenvalue weighted by atomic mass is 9.59. The van der Waals surface area contributed by atoms with Gasteiger partial charge in [0.2, 0.25) is 0 Å². The predicted octanol–water partition coefficient (Wildman–Crippen LogP) is 9.61. The molecule has 0 saturated heterocycles. The van der Waals surface area contributed by atoms with Gasteiger partial charge in [0.05, 0.1) is 0 Å². The summed E-state index contributed by atoms with van der Waals surface area (Å²) in [6, 6.07) is 0. The van der Waals surface area contributed by atoms with E-state index in [9.17, 15) is 0 Å².